The summed E-state index contributed by atoms with van der Waals surface area (Å²) in [4.78, 5) is 14.0. The molecule has 9 heteroatoms. The molecule has 1 N–H and O–H groups in total. The van der Waals surface area contributed by atoms with Gasteiger partial charge in [-0.3, -0.25) is 0 Å². The number of para-hydroxylation sites is 1. The number of carboxylic acid groups (broad SMARTS) is 1. The standard InChI is InChI=1S/C26H34FNO5S2/c1-5-7-13-26(6-2)16-28(19-11-9-8-10-12-19)20-14-22(34-4)21(15-23(20)35(31,32)18-26)33-17-25(3,27)24(29)30/h8-12,14-15H,5-7,13,16-18H2,1-4H3,(H,29,30)/t25?,26-/m0/s1. The third kappa shape index (κ3) is 5.94. The number of carbonyl (C=O) groups is 1. The number of ether oxygens (including phenoxy) is 1. The molecule has 6 nitrogen and oxygen atoms in total. The van der Waals surface area contributed by atoms with Crippen LogP contribution in [0.3, 0.4) is 0 Å². The molecule has 0 saturated heterocycles. The van der Waals surface area contributed by atoms with Gasteiger partial charge < -0.3 is 14.7 Å². The molecule has 1 aliphatic rings. The third-order valence-corrected chi connectivity index (χ3v) is 9.43. The molecule has 0 spiro atoms. The second-order valence-electron chi connectivity index (χ2n) is 9.40. The van der Waals surface area contributed by atoms with Crippen molar-refractivity contribution in [1.29, 1.82) is 0 Å². The molecule has 0 radical (unpaired) electrons. The molecule has 2 aromatic carbocycles. The van der Waals surface area contributed by atoms with E-state index in [2.05, 4.69) is 11.8 Å². The average molecular weight is 524 g/mol. The van der Waals surface area contributed by atoms with Crippen molar-refractivity contribution in [1.82, 2.24) is 0 Å². The topological polar surface area (TPSA) is 83.9 Å². The molecule has 0 aliphatic carbocycles. The summed E-state index contributed by atoms with van der Waals surface area (Å²) in [5.74, 6) is -1.47. The summed E-state index contributed by atoms with van der Waals surface area (Å²) in [6, 6.07) is 12.9. The molecule has 3 rings (SSSR count). The molecule has 0 bridgehead atoms. The van der Waals surface area contributed by atoms with Crippen LogP contribution in [0.5, 0.6) is 5.75 Å². The highest BCUT2D eigenvalue weighted by molar-refractivity contribution is 7.98. The molecule has 0 fully saturated rings. The quantitative estimate of drug-likeness (QED) is 0.376. The number of hydrogen-bond donors (Lipinski definition) is 1. The van der Waals surface area contributed by atoms with E-state index in [1.54, 1.807) is 6.07 Å². The van der Waals surface area contributed by atoms with Crippen LogP contribution in [0.1, 0.15) is 46.5 Å². The van der Waals surface area contributed by atoms with Crippen LogP contribution >= 0.6 is 11.8 Å². The monoisotopic (exact) mass is 523 g/mol. The van der Waals surface area contributed by atoms with Crippen molar-refractivity contribution in [3.63, 3.8) is 0 Å². The van der Waals surface area contributed by atoms with Gasteiger partial charge in [0.1, 0.15) is 12.4 Å². The number of aliphatic carboxylic acids is 1. The van der Waals surface area contributed by atoms with Crippen LogP contribution in [0.15, 0.2) is 52.3 Å². The number of alkyl halides is 1. The number of halogens is 1. The van der Waals surface area contributed by atoms with E-state index in [0.29, 0.717) is 23.5 Å². The smallest absolute Gasteiger partial charge is 0.344 e. The van der Waals surface area contributed by atoms with Gasteiger partial charge >= 0.3 is 5.97 Å². The van der Waals surface area contributed by atoms with Crippen molar-refractivity contribution in [3.05, 3.63) is 42.5 Å². The van der Waals surface area contributed by atoms with Crippen LogP contribution < -0.4 is 9.64 Å². The number of thioether (sulfide) groups is 1. The molecule has 35 heavy (non-hydrogen) atoms. The number of anilines is 2. The Morgan fingerprint density at radius 3 is 2.51 bits per heavy atom. The highest BCUT2D eigenvalue weighted by atomic mass is 32.2. The molecular weight excluding hydrogens is 489 g/mol. The van der Waals surface area contributed by atoms with Crippen molar-refractivity contribution < 1.29 is 27.4 Å². The summed E-state index contributed by atoms with van der Waals surface area (Å²) in [6.07, 6.45) is 5.21. The van der Waals surface area contributed by atoms with Crippen LogP contribution in [0, 0.1) is 5.41 Å². The number of unbranched alkanes of at least 4 members (excludes halogenated alkanes) is 1. The Bertz CT molecular complexity index is 1150. The summed E-state index contributed by atoms with van der Waals surface area (Å²) < 4.78 is 47.6. The lowest BCUT2D eigenvalue weighted by Gasteiger charge is -2.36. The SMILES string of the molecule is CCCC[C@@]1(CC)CN(c2ccccc2)c2cc(SC)c(OCC(C)(F)C(=O)O)cc2S(=O)(=O)C1. The normalized spacial score (nSPS) is 21.0. The van der Waals surface area contributed by atoms with Crippen molar-refractivity contribution in [2.24, 2.45) is 5.41 Å². The summed E-state index contributed by atoms with van der Waals surface area (Å²) in [5, 5.41) is 9.11. The summed E-state index contributed by atoms with van der Waals surface area (Å²) >= 11 is 1.33. The lowest BCUT2D eigenvalue weighted by atomic mass is 9.81. The Morgan fingerprint density at radius 1 is 1.26 bits per heavy atom. The van der Waals surface area contributed by atoms with Crippen LogP contribution in [0.2, 0.25) is 0 Å². The lowest BCUT2D eigenvalue weighted by molar-refractivity contribution is -0.151. The first-order valence-electron chi connectivity index (χ1n) is 11.8. The van der Waals surface area contributed by atoms with Gasteiger partial charge in [-0.25, -0.2) is 17.6 Å². The van der Waals surface area contributed by atoms with Gasteiger partial charge in [0, 0.05) is 23.7 Å². The molecule has 192 valence electrons. The molecule has 1 aliphatic heterocycles. The maximum Gasteiger partial charge on any atom is 0.344 e. The van der Waals surface area contributed by atoms with E-state index in [1.807, 2.05) is 43.5 Å². The second kappa shape index (κ2) is 10.8. The summed E-state index contributed by atoms with van der Waals surface area (Å²) in [6.45, 7) is 4.89. The van der Waals surface area contributed by atoms with Gasteiger partial charge in [-0.1, -0.05) is 44.9 Å². The minimum atomic E-state index is -3.73. The highest BCUT2D eigenvalue weighted by Gasteiger charge is 2.42. The fourth-order valence-electron chi connectivity index (χ4n) is 4.42. The average Bonchev–Trinajstić information content (AvgIpc) is 2.93. The van der Waals surface area contributed by atoms with Crippen molar-refractivity contribution in [3.8, 4) is 5.75 Å². The molecule has 0 amide bonds. The zero-order valence-corrected chi connectivity index (χ0v) is 22.3. The van der Waals surface area contributed by atoms with E-state index in [-0.39, 0.29) is 16.4 Å². The first-order chi connectivity index (χ1) is 16.5. The van der Waals surface area contributed by atoms with E-state index in [0.717, 1.165) is 31.9 Å². The fourth-order valence-corrected chi connectivity index (χ4v) is 7.14. The van der Waals surface area contributed by atoms with E-state index in [1.165, 1.54) is 17.8 Å². The second-order valence-corrected chi connectivity index (χ2v) is 12.2. The van der Waals surface area contributed by atoms with E-state index in [4.69, 9.17) is 9.84 Å². The highest BCUT2D eigenvalue weighted by Crippen LogP contribution is 2.47. The van der Waals surface area contributed by atoms with Crippen LogP contribution in [0.25, 0.3) is 0 Å². The van der Waals surface area contributed by atoms with E-state index in [9.17, 15) is 17.6 Å². The van der Waals surface area contributed by atoms with Crippen LogP contribution in [-0.2, 0) is 14.6 Å². The number of carboxylic acids is 1. The molecule has 1 heterocycles. The molecule has 1 unspecified atom stereocenters. The Morgan fingerprint density at radius 2 is 1.94 bits per heavy atom. The Hall–Kier alpha value is -2.26. The van der Waals surface area contributed by atoms with Gasteiger partial charge in [-0.2, -0.15) is 0 Å². The zero-order valence-electron chi connectivity index (χ0n) is 20.7. The number of sulfone groups is 1. The number of fused-ring (bicyclic) bond motifs is 1. The number of benzene rings is 2. The van der Waals surface area contributed by atoms with E-state index >= 15 is 0 Å². The van der Waals surface area contributed by atoms with E-state index < -0.39 is 33.5 Å². The molecular formula is C26H34FNO5S2. The van der Waals surface area contributed by atoms with Crippen LogP contribution in [0.4, 0.5) is 15.8 Å². The van der Waals surface area contributed by atoms with Gasteiger partial charge in [0.05, 0.1) is 21.2 Å². The largest absolute Gasteiger partial charge is 0.488 e. The predicted octanol–water partition coefficient (Wildman–Crippen LogP) is 6.11. The lowest BCUT2D eigenvalue weighted by Crippen LogP contribution is -2.37. The predicted molar refractivity (Wildman–Crippen MR) is 139 cm³/mol. The molecule has 2 atom stereocenters. The zero-order chi connectivity index (χ0) is 25.9. The summed E-state index contributed by atoms with van der Waals surface area (Å²) in [7, 11) is -3.73. The number of nitrogens with zero attached hydrogens (tertiary/aromatic N) is 1. The Kier molecular flexibility index (Phi) is 8.42. The Labute approximate surface area is 211 Å². The van der Waals surface area contributed by atoms with Gasteiger partial charge in [0.2, 0.25) is 5.67 Å². The van der Waals surface area contributed by atoms with Crippen LogP contribution in [-0.4, -0.2) is 50.3 Å². The Balaban J connectivity index is 2.19. The maximum absolute atomic E-state index is 14.4. The first-order valence-corrected chi connectivity index (χ1v) is 14.7. The molecule has 0 aromatic heterocycles. The third-order valence-electron chi connectivity index (χ3n) is 6.68. The minimum Gasteiger partial charge on any atom is -0.488 e. The molecule has 2 aromatic rings. The minimum absolute atomic E-state index is 0.000834. The van der Waals surface area contributed by atoms with Crippen molar-refractivity contribution in [2.75, 3.05) is 30.1 Å². The number of rotatable bonds is 10. The summed E-state index contributed by atoms with van der Waals surface area (Å²) in [5.41, 5.74) is -1.59. The number of hydrogen-bond acceptors (Lipinski definition) is 6. The van der Waals surface area contributed by atoms with Gasteiger partial charge in [0.25, 0.3) is 0 Å². The van der Waals surface area contributed by atoms with Gasteiger partial charge in [-0.15, -0.1) is 11.8 Å². The van der Waals surface area contributed by atoms with Crippen molar-refractivity contribution >= 4 is 38.9 Å². The van der Waals surface area contributed by atoms with Gasteiger partial charge in [-0.05, 0) is 44.2 Å². The maximum atomic E-state index is 14.4. The van der Waals surface area contributed by atoms with Crippen molar-refractivity contribution in [2.45, 2.75) is 61.9 Å². The van der Waals surface area contributed by atoms with Gasteiger partial charge in [0.15, 0.2) is 9.84 Å². The fraction of sp³-hybridized carbons (Fsp3) is 0.500. The first kappa shape index (κ1) is 27.3. The molecule has 0 saturated carbocycles.